The van der Waals surface area contributed by atoms with Gasteiger partial charge in [-0.05, 0) is 48.0 Å². The average molecular weight is 667 g/mol. The van der Waals surface area contributed by atoms with E-state index in [4.69, 9.17) is 5.73 Å². The second-order valence-electron chi connectivity index (χ2n) is 10.2. The molecular weight excluding hydrogens is 635 g/mol. The monoisotopic (exact) mass is 666 g/mol. The highest BCUT2D eigenvalue weighted by Gasteiger charge is 2.41. The first kappa shape index (κ1) is 34.3. The SMILES string of the molecule is C=C/C(=N\c1cccnc1N)N1CCN(S(=O)(=O)c2ccc(OC(F)(F)F)cc2)[C@@H](C(=O)NCc2ccc(C(F)(F)CC)cc2)C1. The fraction of sp³-hybridized carbons (Fsp3) is 0.300. The summed E-state index contributed by atoms with van der Waals surface area (Å²) in [7, 11) is -4.42. The number of amidine groups is 1. The van der Waals surface area contributed by atoms with Crippen LogP contribution in [-0.4, -0.2) is 66.4 Å². The van der Waals surface area contributed by atoms with Gasteiger partial charge < -0.3 is 20.7 Å². The van der Waals surface area contributed by atoms with Gasteiger partial charge in [0.25, 0.3) is 5.92 Å². The first-order chi connectivity index (χ1) is 21.6. The molecule has 0 aliphatic carbocycles. The van der Waals surface area contributed by atoms with Gasteiger partial charge in [0.1, 0.15) is 29.1 Å². The molecule has 4 rings (SSSR count). The summed E-state index contributed by atoms with van der Waals surface area (Å²) in [6.45, 7) is 4.71. The predicted molar refractivity (Wildman–Crippen MR) is 161 cm³/mol. The number of hydrogen-bond acceptors (Lipinski definition) is 7. The first-order valence-corrected chi connectivity index (χ1v) is 15.4. The van der Waals surface area contributed by atoms with E-state index >= 15 is 0 Å². The maximum absolute atomic E-state index is 14.0. The van der Waals surface area contributed by atoms with Gasteiger partial charge in [-0.1, -0.05) is 37.8 Å². The molecule has 1 atom stereocenters. The van der Waals surface area contributed by atoms with E-state index in [0.717, 1.165) is 28.6 Å². The van der Waals surface area contributed by atoms with E-state index in [1.165, 1.54) is 43.5 Å². The molecule has 2 aromatic carbocycles. The average Bonchev–Trinajstić information content (AvgIpc) is 3.02. The van der Waals surface area contributed by atoms with Gasteiger partial charge in [-0.2, -0.15) is 4.31 Å². The second kappa shape index (κ2) is 13.8. The van der Waals surface area contributed by atoms with Crippen molar-refractivity contribution in [3.05, 3.63) is 90.6 Å². The van der Waals surface area contributed by atoms with Gasteiger partial charge in [-0.25, -0.2) is 27.2 Å². The standard InChI is InChI=1S/C30H31F5N6O4S/c1-3-26(39-24-6-5-15-37-27(24)36)40-16-17-41(46(43,44)23-13-11-22(12-14-23)45-30(33,34)35)25(19-40)28(42)38-18-20-7-9-21(10-8-20)29(31,32)4-2/h3,5-15,25H,1,4,16-19H2,2H3,(H2,36,37)(H,38,42)/b39-26+/t25-/m1/s1. The molecule has 3 aromatic rings. The van der Waals surface area contributed by atoms with Crippen LogP contribution >= 0.6 is 0 Å². The molecule has 1 aliphatic heterocycles. The minimum atomic E-state index is -4.97. The number of amides is 1. The van der Waals surface area contributed by atoms with Gasteiger partial charge in [0, 0.05) is 44.4 Å². The van der Waals surface area contributed by atoms with Gasteiger partial charge in [0.15, 0.2) is 0 Å². The molecule has 1 aliphatic rings. The van der Waals surface area contributed by atoms with Crippen molar-refractivity contribution < 1.29 is 39.9 Å². The Bertz CT molecular complexity index is 1680. The number of halogens is 5. The number of sulfonamides is 1. The summed E-state index contributed by atoms with van der Waals surface area (Å²) in [5.41, 5.74) is 6.56. The number of aliphatic imine (C=N–C) groups is 1. The lowest BCUT2D eigenvalue weighted by Crippen LogP contribution is -2.61. The summed E-state index contributed by atoms with van der Waals surface area (Å²) in [6, 6.07) is 10.9. The van der Waals surface area contributed by atoms with E-state index in [9.17, 15) is 35.2 Å². The number of nitrogens with zero attached hydrogens (tertiary/aromatic N) is 4. The largest absolute Gasteiger partial charge is 0.573 e. The van der Waals surface area contributed by atoms with E-state index in [-0.39, 0.29) is 54.7 Å². The number of carbonyl (C=O) groups excluding carboxylic acids is 1. The molecule has 1 saturated heterocycles. The van der Waals surface area contributed by atoms with Crippen LogP contribution in [0.15, 0.2) is 89.4 Å². The molecule has 46 heavy (non-hydrogen) atoms. The molecule has 0 unspecified atom stereocenters. The number of alkyl halides is 5. The van der Waals surface area contributed by atoms with Crippen molar-refractivity contribution in [2.45, 2.75) is 43.1 Å². The number of aromatic nitrogens is 1. The lowest BCUT2D eigenvalue weighted by Gasteiger charge is -2.40. The molecule has 10 nitrogen and oxygen atoms in total. The third-order valence-corrected chi connectivity index (χ3v) is 9.07. The zero-order valence-electron chi connectivity index (χ0n) is 24.5. The van der Waals surface area contributed by atoms with Crippen LogP contribution in [0.2, 0.25) is 0 Å². The number of piperazine rings is 1. The molecule has 0 saturated carbocycles. The number of nitrogens with two attached hydrogens (primary N) is 1. The van der Waals surface area contributed by atoms with Crippen LogP contribution in [0.1, 0.15) is 24.5 Å². The van der Waals surface area contributed by atoms with Crippen molar-refractivity contribution in [3.63, 3.8) is 0 Å². The number of pyridine rings is 1. The number of nitrogens with one attached hydrogen (secondary N) is 1. The molecule has 2 heterocycles. The molecule has 3 N–H and O–H groups in total. The fourth-order valence-electron chi connectivity index (χ4n) is 4.67. The zero-order valence-corrected chi connectivity index (χ0v) is 25.4. The number of anilines is 1. The zero-order chi connectivity index (χ0) is 33.7. The maximum Gasteiger partial charge on any atom is 0.573 e. The topological polar surface area (TPSA) is 130 Å². The summed E-state index contributed by atoms with van der Waals surface area (Å²) in [4.78, 5) is 23.3. The second-order valence-corrected chi connectivity index (χ2v) is 12.0. The molecule has 16 heteroatoms. The molecule has 1 fully saturated rings. The normalized spacial score (nSPS) is 16.6. The summed E-state index contributed by atoms with van der Waals surface area (Å²) < 4.78 is 98.2. The van der Waals surface area contributed by atoms with E-state index < -0.39 is 40.0 Å². The van der Waals surface area contributed by atoms with E-state index in [0.29, 0.717) is 11.3 Å². The van der Waals surface area contributed by atoms with Crippen LogP contribution in [0.25, 0.3) is 0 Å². The molecule has 1 aromatic heterocycles. The Kier molecular flexibility index (Phi) is 10.3. The van der Waals surface area contributed by atoms with Crippen LogP contribution in [0.3, 0.4) is 0 Å². The van der Waals surface area contributed by atoms with Crippen LogP contribution < -0.4 is 15.8 Å². The molecule has 0 spiro atoms. The summed E-state index contributed by atoms with van der Waals surface area (Å²) in [5, 5.41) is 2.67. The smallest absolute Gasteiger partial charge is 0.406 e. The van der Waals surface area contributed by atoms with Crippen LogP contribution in [0.5, 0.6) is 5.75 Å². The highest BCUT2D eigenvalue weighted by molar-refractivity contribution is 7.89. The maximum atomic E-state index is 14.0. The number of benzene rings is 2. The Hall–Kier alpha value is -4.57. The van der Waals surface area contributed by atoms with Crippen molar-refractivity contribution in [1.29, 1.82) is 0 Å². The summed E-state index contributed by atoms with van der Waals surface area (Å²) in [5.74, 6) is -3.91. The summed E-state index contributed by atoms with van der Waals surface area (Å²) in [6.07, 6.45) is -2.45. The van der Waals surface area contributed by atoms with Crippen molar-refractivity contribution in [1.82, 2.24) is 19.5 Å². The van der Waals surface area contributed by atoms with Gasteiger partial charge in [0.05, 0.1) is 4.90 Å². The van der Waals surface area contributed by atoms with Crippen molar-refractivity contribution >= 4 is 33.3 Å². The van der Waals surface area contributed by atoms with Gasteiger partial charge in [0.2, 0.25) is 15.9 Å². The van der Waals surface area contributed by atoms with Gasteiger partial charge in [-0.15, -0.1) is 13.2 Å². The summed E-state index contributed by atoms with van der Waals surface area (Å²) >= 11 is 0. The Morgan fingerprint density at radius 3 is 2.37 bits per heavy atom. The third kappa shape index (κ3) is 8.17. The molecule has 0 radical (unpaired) electrons. The third-order valence-electron chi connectivity index (χ3n) is 7.14. The van der Waals surface area contributed by atoms with E-state index in [2.05, 4.69) is 26.6 Å². The minimum absolute atomic E-state index is 0.0659. The predicted octanol–water partition coefficient (Wildman–Crippen LogP) is 4.97. The highest BCUT2D eigenvalue weighted by atomic mass is 32.2. The Labute approximate surface area is 262 Å². The van der Waals surface area contributed by atoms with Gasteiger partial charge >= 0.3 is 6.36 Å². The van der Waals surface area contributed by atoms with E-state index in [1.807, 2.05) is 0 Å². The quantitative estimate of drug-likeness (QED) is 0.178. The lowest BCUT2D eigenvalue weighted by molar-refractivity contribution is -0.274. The van der Waals surface area contributed by atoms with Crippen molar-refractivity contribution in [2.24, 2.45) is 4.99 Å². The Morgan fingerprint density at radius 1 is 1.11 bits per heavy atom. The van der Waals surface area contributed by atoms with Crippen LogP contribution in [0.4, 0.5) is 33.5 Å². The van der Waals surface area contributed by atoms with Crippen LogP contribution in [-0.2, 0) is 27.3 Å². The fourth-order valence-corrected chi connectivity index (χ4v) is 6.24. The number of ether oxygens (including phenoxy) is 1. The Morgan fingerprint density at radius 2 is 1.78 bits per heavy atom. The lowest BCUT2D eigenvalue weighted by atomic mass is 10.0. The molecule has 1 amide bonds. The number of rotatable bonds is 10. The number of hydrogen-bond donors (Lipinski definition) is 2. The first-order valence-electron chi connectivity index (χ1n) is 13.9. The highest BCUT2D eigenvalue weighted by Crippen LogP contribution is 2.31. The van der Waals surface area contributed by atoms with Gasteiger partial charge in [-0.3, -0.25) is 4.79 Å². The minimum Gasteiger partial charge on any atom is -0.406 e. The van der Waals surface area contributed by atoms with Crippen molar-refractivity contribution in [2.75, 3.05) is 25.4 Å². The van der Waals surface area contributed by atoms with Crippen molar-refractivity contribution in [3.8, 4) is 5.75 Å². The van der Waals surface area contributed by atoms with Crippen LogP contribution in [0, 0.1) is 0 Å². The molecular formula is C30H31F5N6O4S. The van der Waals surface area contributed by atoms with E-state index in [1.54, 1.807) is 17.0 Å². The molecule has 0 bridgehead atoms. The molecule has 246 valence electrons. The Balaban J connectivity index is 1.61. The number of nitrogen functional groups attached to an aromatic ring is 1. The number of carbonyl (C=O) groups is 1.